The van der Waals surface area contributed by atoms with Crippen LogP contribution < -0.4 is 0 Å². The lowest BCUT2D eigenvalue weighted by Crippen LogP contribution is -2.39. The topological polar surface area (TPSA) is 27.0 Å². The van der Waals surface area contributed by atoms with Gasteiger partial charge in [0.25, 0.3) is 0 Å². The predicted octanol–water partition coefficient (Wildman–Crippen LogP) is 3.44. The number of nitrogens with zero attached hydrogens (tertiary/aromatic N) is 2. The first-order valence-electron chi connectivity index (χ1n) is 6.53. The summed E-state index contributed by atoms with van der Waals surface area (Å²) in [5.74, 6) is -4.70. The molecule has 1 saturated heterocycles. The first-order valence-corrected chi connectivity index (χ1v) is 6.53. The third-order valence-electron chi connectivity index (χ3n) is 3.90. The Kier molecular flexibility index (Phi) is 3.79. The fraction of sp³-hybridized carbons (Fsp3) is 0.533. The van der Waals surface area contributed by atoms with Crippen LogP contribution >= 0.6 is 0 Å². The van der Waals surface area contributed by atoms with Crippen LogP contribution in [0.5, 0.6) is 0 Å². The molecule has 1 aliphatic rings. The standard InChI is InChI=1S/C15H17F3N2/c1-15(2,3)20-7-9(6-19)11(8-20)10-4-5-12(16)14(18)13(10)17/h4-5,9,11H,7-8H2,1-3H3/t9-,11-/m1/s1. The van der Waals surface area contributed by atoms with Crippen molar-refractivity contribution in [3.05, 3.63) is 35.1 Å². The average Bonchev–Trinajstić information content (AvgIpc) is 2.80. The van der Waals surface area contributed by atoms with Crippen LogP contribution in [0, 0.1) is 34.7 Å². The highest BCUT2D eigenvalue weighted by molar-refractivity contribution is 5.28. The second-order valence-corrected chi connectivity index (χ2v) is 6.18. The Morgan fingerprint density at radius 3 is 2.35 bits per heavy atom. The summed E-state index contributed by atoms with van der Waals surface area (Å²) in [6.45, 7) is 6.98. The maximum atomic E-state index is 13.9. The van der Waals surface area contributed by atoms with Crippen LogP contribution in [0.25, 0.3) is 0 Å². The summed E-state index contributed by atoms with van der Waals surface area (Å²) < 4.78 is 40.3. The van der Waals surface area contributed by atoms with Crippen LogP contribution in [-0.2, 0) is 0 Å². The summed E-state index contributed by atoms with van der Waals surface area (Å²) in [5, 5.41) is 9.23. The summed E-state index contributed by atoms with van der Waals surface area (Å²) in [6.07, 6.45) is 0. The monoisotopic (exact) mass is 282 g/mol. The van der Waals surface area contributed by atoms with Crippen LogP contribution in [0.15, 0.2) is 12.1 Å². The second kappa shape index (κ2) is 5.10. The van der Waals surface area contributed by atoms with Gasteiger partial charge in [0.2, 0.25) is 0 Å². The zero-order valence-electron chi connectivity index (χ0n) is 11.8. The third-order valence-corrected chi connectivity index (χ3v) is 3.90. The van der Waals surface area contributed by atoms with Gasteiger partial charge >= 0.3 is 0 Å². The lowest BCUT2D eigenvalue weighted by molar-refractivity contribution is 0.170. The van der Waals surface area contributed by atoms with Gasteiger partial charge in [-0.05, 0) is 32.4 Å². The number of rotatable bonds is 1. The Hall–Kier alpha value is -1.54. The minimum atomic E-state index is -1.46. The van der Waals surface area contributed by atoms with Gasteiger partial charge < -0.3 is 0 Å². The minimum absolute atomic E-state index is 0.0854. The highest BCUT2D eigenvalue weighted by Crippen LogP contribution is 2.37. The molecule has 1 heterocycles. The van der Waals surface area contributed by atoms with Gasteiger partial charge in [0.1, 0.15) is 0 Å². The molecule has 20 heavy (non-hydrogen) atoms. The minimum Gasteiger partial charge on any atom is -0.297 e. The Bertz CT molecular complexity index is 557. The quantitative estimate of drug-likeness (QED) is 0.738. The molecule has 0 spiro atoms. The van der Waals surface area contributed by atoms with E-state index in [0.717, 1.165) is 6.07 Å². The molecule has 5 heteroatoms. The molecular formula is C15H17F3N2. The number of hydrogen-bond donors (Lipinski definition) is 0. The molecule has 2 atom stereocenters. The number of likely N-dealkylation sites (tertiary alicyclic amines) is 1. The zero-order chi connectivity index (χ0) is 15.1. The van der Waals surface area contributed by atoms with Gasteiger partial charge in [-0.3, -0.25) is 4.90 Å². The highest BCUT2D eigenvalue weighted by atomic mass is 19.2. The van der Waals surface area contributed by atoms with Crippen LogP contribution in [0.1, 0.15) is 32.3 Å². The molecule has 1 aromatic rings. The van der Waals surface area contributed by atoms with E-state index in [2.05, 4.69) is 11.0 Å². The van der Waals surface area contributed by atoms with E-state index in [9.17, 15) is 18.4 Å². The van der Waals surface area contributed by atoms with E-state index in [1.54, 1.807) is 0 Å². The third kappa shape index (κ3) is 2.53. The maximum absolute atomic E-state index is 13.9. The van der Waals surface area contributed by atoms with Gasteiger partial charge in [-0.25, -0.2) is 13.2 Å². The highest BCUT2D eigenvalue weighted by Gasteiger charge is 2.40. The fourth-order valence-corrected chi connectivity index (χ4v) is 2.62. The van der Waals surface area contributed by atoms with Crippen LogP contribution in [0.3, 0.4) is 0 Å². The molecule has 0 radical (unpaired) electrons. The average molecular weight is 282 g/mol. The molecule has 1 aromatic carbocycles. The Morgan fingerprint density at radius 2 is 1.80 bits per heavy atom. The smallest absolute Gasteiger partial charge is 0.194 e. The lowest BCUT2D eigenvalue weighted by atomic mass is 9.89. The van der Waals surface area contributed by atoms with Crippen molar-refractivity contribution in [3.63, 3.8) is 0 Å². The molecule has 0 aromatic heterocycles. The molecular weight excluding hydrogens is 265 g/mol. The van der Waals surface area contributed by atoms with Crippen LogP contribution in [0.4, 0.5) is 13.2 Å². The second-order valence-electron chi connectivity index (χ2n) is 6.18. The van der Waals surface area contributed by atoms with Crippen molar-refractivity contribution in [1.29, 1.82) is 5.26 Å². The summed E-state index contributed by atoms with van der Waals surface area (Å²) in [7, 11) is 0. The number of nitriles is 1. The first kappa shape index (κ1) is 14.9. The van der Waals surface area contributed by atoms with E-state index >= 15 is 0 Å². The molecule has 2 rings (SSSR count). The number of benzene rings is 1. The number of hydrogen-bond acceptors (Lipinski definition) is 2. The Labute approximate surface area is 116 Å². The lowest BCUT2D eigenvalue weighted by Gasteiger charge is -2.31. The molecule has 0 N–H and O–H groups in total. The van der Waals surface area contributed by atoms with Gasteiger partial charge in [0.15, 0.2) is 17.5 Å². The molecule has 0 unspecified atom stereocenters. The Morgan fingerprint density at radius 1 is 1.15 bits per heavy atom. The molecule has 0 saturated carbocycles. The van der Waals surface area contributed by atoms with Crippen molar-refractivity contribution in [2.45, 2.75) is 32.2 Å². The normalized spacial score (nSPS) is 23.9. The van der Waals surface area contributed by atoms with Crippen molar-refractivity contribution in [3.8, 4) is 6.07 Å². The van der Waals surface area contributed by atoms with Gasteiger partial charge in [-0.15, -0.1) is 0 Å². The van der Waals surface area contributed by atoms with E-state index in [-0.39, 0.29) is 11.1 Å². The molecule has 0 bridgehead atoms. The first-order chi connectivity index (χ1) is 9.25. The summed E-state index contributed by atoms with van der Waals surface area (Å²) in [6, 6.07) is 4.31. The SMILES string of the molecule is CC(C)(C)N1C[C@@H](C#N)[C@H](c2ccc(F)c(F)c2F)C1. The molecule has 108 valence electrons. The summed E-state index contributed by atoms with van der Waals surface area (Å²) in [5.41, 5.74) is -0.0685. The predicted molar refractivity (Wildman–Crippen MR) is 69.5 cm³/mol. The van der Waals surface area contributed by atoms with Gasteiger partial charge in [-0.2, -0.15) is 5.26 Å². The van der Waals surface area contributed by atoms with E-state index in [0.29, 0.717) is 13.1 Å². The van der Waals surface area contributed by atoms with Gasteiger partial charge in [0.05, 0.1) is 12.0 Å². The van der Waals surface area contributed by atoms with Crippen LogP contribution in [-0.4, -0.2) is 23.5 Å². The Balaban J connectivity index is 2.38. The van der Waals surface area contributed by atoms with Crippen LogP contribution in [0.2, 0.25) is 0 Å². The van der Waals surface area contributed by atoms with Crippen molar-refractivity contribution in [2.24, 2.45) is 5.92 Å². The molecule has 0 aliphatic carbocycles. The van der Waals surface area contributed by atoms with Crippen molar-refractivity contribution >= 4 is 0 Å². The molecule has 0 amide bonds. The van der Waals surface area contributed by atoms with Gasteiger partial charge in [-0.1, -0.05) is 6.07 Å². The maximum Gasteiger partial charge on any atom is 0.194 e. The van der Waals surface area contributed by atoms with Crippen molar-refractivity contribution < 1.29 is 13.2 Å². The summed E-state index contributed by atoms with van der Waals surface area (Å²) in [4.78, 5) is 2.06. The van der Waals surface area contributed by atoms with Crippen molar-refractivity contribution in [2.75, 3.05) is 13.1 Å². The van der Waals surface area contributed by atoms with E-state index in [1.807, 2.05) is 20.8 Å². The van der Waals surface area contributed by atoms with E-state index in [1.165, 1.54) is 6.07 Å². The molecule has 2 nitrogen and oxygen atoms in total. The summed E-state index contributed by atoms with van der Waals surface area (Å²) >= 11 is 0. The van der Waals surface area contributed by atoms with E-state index < -0.39 is 29.3 Å². The van der Waals surface area contributed by atoms with E-state index in [4.69, 9.17) is 0 Å². The fourth-order valence-electron chi connectivity index (χ4n) is 2.62. The largest absolute Gasteiger partial charge is 0.297 e. The molecule has 1 aliphatic heterocycles. The van der Waals surface area contributed by atoms with Gasteiger partial charge in [0, 0.05) is 24.5 Å². The molecule has 1 fully saturated rings. The number of halogens is 3. The zero-order valence-corrected chi connectivity index (χ0v) is 11.8. The van der Waals surface area contributed by atoms with Crippen molar-refractivity contribution in [1.82, 2.24) is 4.90 Å².